The summed E-state index contributed by atoms with van der Waals surface area (Å²) in [7, 11) is 1.62. The molecule has 0 unspecified atom stereocenters. The summed E-state index contributed by atoms with van der Waals surface area (Å²) in [4.78, 5) is 14.9. The molecule has 0 saturated carbocycles. The molecule has 0 aromatic heterocycles. The van der Waals surface area contributed by atoms with Gasteiger partial charge >= 0.3 is 0 Å². The maximum Gasteiger partial charge on any atom is 0.261 e. The summed E-state index contributed by atoms with van der Waals surface area (Å²) in [6, 6.07) is 15.7. The Balaban J connectivity index is 1.48. The molecular weight excluding hydrogens is 352 g/mol. The van der Waals surface area contributed by atoms with E-state index >= 15 is 0 Å². The molecule has 5 heteroatoms. The van der Waals surface area contributed by atoms with Crippen molar-refractivity contribution in [2.75, 3.05) is 20.2 Å². The number of nitrogens with one attached hydrogen (secondary N) is 1. The Morgan fingerprint density at radius 1 is 1.04 bits per heavy atom. The van der Waals surface area contributed by atoms with Crippen molar-refractivity contribution in [1.29, 1.82) is 0 Å². The number of piperidine rings is 1. The second-order valence-electron chi connectivity index (χ2n) is 7.31. The van der Waals surface area contributed by atoms with Crippen molar-refractivity contribution in [2.24, 2.45) is 0 Å². The Morgan fingerprint density at radius 3 is 2.43 bits per heavy atom. The van der Waals surface area contributed by atoms with Crippen LogP contribution in [0.25, 0.3) is 0 Å². The fourth-order valence-corrected chi connectivity index (χ4v) is 3.46. The first kappa shape index (κ1) is 20.2. The van der Waals surface area contributed by atoms with Crippen LogP contribution in [0.3, 0.4) is 0 Å². The van der Waals surface area contributed by atoms with Crippen molar-refractivity contribution in [3.8, 4) is 11.5 Å². The number of carbonyl (C=O) groups is 1. The van der Waals surface area contributed by atoms with Gasteiger partial charge in [0.05, 0.1) is 7.11 Å². The third-order valence-electron chi connectivity index (χ3n) is 5.05. The number of ether oxygens (including phenoxy) is 2. The van der Waals surface area contributed by atoms with Gasteiger partial charge in [0.2, 0.25) is 0 Å². The highest BCUT2D eigenvalue weighted by molar-refractivity contribution is 5.80. The summed E-state index contributed by atoms with van der Waals surface area (Å²) in [6.07, 6.45) is 3.37. The number of likely N-dealkylation sites (tertiary alicyclic amines) is 1. The number of methoxy groups -OCH3 is 1. The Kier molecular flexibility index (Phi) is 7.31. The minimum atomic E-state index is -0.565. The summed E-state index contributed by atoms with van der Waals surface area (Å²) in [6.45, 7) is 5.61. The summed E-state index contributed by atoms with van der Waals surface area (Å²) < 4.78 is 10.8. The molecule has 1 heterocycles. The molecule has 1 amide bonds. The van der Waals surface area contributed by atoms with Gasteiger partial charge in [-0.3, -0.25) is 9.69 Å². The molecule has 28 heavy (non-hydrogen) atoms. The van der Waals surface area contributed by atoms with E-state index in [1.807, 2.05) is 12.1 Å². The monoisotopic (exact) mass is 382 g/mol. The van der Waals surface area contributed by atoms with Gasteiger partial charge in [0, 0.05) is 13.1 Å². The van der Waals surface area contributed by atoms with Gasteiger partial charge in [-0.2, -0.15) is 0 Å². The van der Waals surface area contributed by atoms with Crippen LogP contribution >= 0.6 is 0 Å². The molecule has 1 saturated heterocycles. The maximum atomic E-state index is 12.4. The lowest BCUT2D eigenvalue weighted by Crippen LogP contribution is -2.35. The minimum absolute atomic E-state index is 0.128. The van der Waals surface area contributed by atoms with Gasteiger partial charge in [-0.15, -0.1) is 0 Å². The molecule has 0 spiro atoms. The van der Waals surface area contributed by atoms with Crippen molar-refractivity contribution >= 4 is 5.91 Å². The van der Waals surface area contributed by atoms with Crippen LogP contribution in [0.4, 0.5) is 0 Å². The van der Waals surface area contributed by atoms with Gasteiger partial charge in [0.25, 0.3) is 5.91 Å². The van der Waals surface area contributed by atoms with Crippen molar-refractivity contribution in [2.45, 2.75) is 45.4 Å². The summed E-state index contributed by atoms with van der Waals surface area (Å²) in [5.74, 6) is 1.28. The number of amides is 1. The van der Waals surface area contributed by atoms with Gasteiger partial charge < -0.3 is 14.8 Å². The predicted molar refractivity (Wildman–Crippen MR) is 111 cm³/mol. The van der Waals surface area contributed by atoms with Gasteiger partial charge in [0.15, 0.2) is 6.10 Å². The number of benzene rings is 2. The molecule has 0 bridgehead atoms. The van der Waals surface area contributed by atoms with Gasteiger partial charge in [-0.1, -0.05) is 30.7 Å². The van der Waals surface area contributed by atoms with Crippen molar-refractivity contribution < 1.29 is 14.3 Å². The standard InChI is InChI=1S/C23H30N2O3/c1-18(28-22-11-9-21(27-2)10-12-22)23(26)24-16-19-7-6-8-20(15-19)17-25-13-4-3-5-14-25/h6-12,15,18H,3-5,13-14,16-17H2,1-2H3,(H,24,26)/t18-/m0/s1. The van der Waals surface area contributed by atoms with E-state index in [2.05, 4.69) is 34.5 Å². The van der Waals surface area contributed by atoms with E-state index in [0.717, 1.165) is 17.9 Å². The topological polar surface area (TPSA) is 50.8 Å². The normalized spacial score (nSPS) is 15.6. The van der Waals surface area contributed by atoms with Crippen LogP contribution in [0.2, 0.25) is 0 Å². The van der Waals surface area contributed by atoms with Crippen LogP contribution in [0.1, 0.15) is 37.3 Å². The first-order chi connectivity index (χ1) is 13.6. The van der Waals surface area contributed by atoms with Crippen molar-refractivity contribution in [1.82, 2.24) is 10.2 Å². The van der Waals surface area contributed by atoms with E-state index in [9.17, 15) is 4.79 Å². The van der Waals surface area contributed by atoms with Gasteiger partial charge in [0.1, 0.15) is 11.5 Å². The second-order valence-corrected chi connectivity index (χ2v) is 7.31. The molecule has 1 N–H and O–H groups in total. The van der Waals surface area contributed by atoms with E-state index in [0.29, 0.717) is 12.3 Å². The number of rotatable bonds is 8. The molecule has 0 radical (unpaired) electrons. The second kappa shape index (κ2) is 10.1. The molecule has 1 aliphatic rings. The van der Waals surface area contributed by atoms with E-state index in [4.69, 9.17) is 9.47 Å². The minimum Gasteiger partial charge on any atom is -0.497 e. The van der Waals surface area contributed by atoms with Crippen LogP contribution in [0.5, 0.6) is 11.5 Å². The van der Waals surface area contributed by atoms with E-state index in [-0.39, 0.29) is 5.91 Å². The fraction of sp³-hybridized carbons (Fsp3) is 0.435. The summed E-state index contributed by atoms with van der Waals surface area (Å²) in [5.41, 5.74) is 2.41. The fourth-order valence-electron chi connectivity index (χ4n) is 3.46. The smallest absolute Gasteiger partial charge is 0.261 e. The first-order valence-corrected chi connectivity index (χ1v) is 10.0. The van der Waals surface area contributed by atoms with E-state index in [1.165, 1.54) is 37.9 Å². The molecule has 2 aromatic rings. The van der Waals surface area contributed by atoms with Crippen LogP contribution in [-0.4, -0.2) is 37.1 Å². The first-order valence-electron chi connectivity index (χ1n) is 10.0. The molecule has 1 fully saturated rings. The predicted octanol–water partition coefficient (Wildman–Crippen LogP) is 3.76. The molecule has 3 rings (SSSR count). The van der Waals surface area contributed by atoms with Crippen LogP contribution in [0, 0.1) is 0 Å². The summed E-state index contributed by atoms with van der Waals surface area (Å²) >= 11 is 0. The third-order valence-corrected chi connectivity index (χ3v) is 5.05. The third kappa shape index (κ3) is 5.99. The lowest BCUT2D eigenvalue weighted by atomic mass is 10.1. The maximum absolute atomic E-state index is 12.4. The zero-order valence-corrected chi connectivity index (χ0v) is 16.8. The number of nitrogens with zero attached hydrogens (tertiary/aromatic N) is 1. The zero-order chi connectivity index (χ0) is 19.8. The molecule has 1 aliphatic heterocycles. The van der Waals surface area contributed by atoms with Crippen LogP contribution < -0.4 is 14.8 Å². The lowest BCUT2D eigenvalue weighted by Gasteiger charge is -2.26. The Bertz CT molecular complexity index is 755. The van der Waals surface area contributed by atoms with Crippen molar-refractivity contribution in [3.05, 3.63) is 59.7 Å². The summed E-state index contributed by atoms with van der Waals surface area (Å²) in [5, 5.41) is 2.97. The molecule has 5 nitrogen and oxygen atoms in total. The van der Waals surface area contributed by atoms with E-state index < -0.39 is 6.10 Å². The zero-order valence-electron chi connectivity index (χ0n) is 16.8. The van der Waals surface area contributed by atoms with E-state index in [1.54, 1.807) is 26.2 Å². The van der Waals surface area contributed by atoms with Crippen LogP contribution in [0.15, 0.2) is 48.5 Å². The Hall–Kier alpha value is -2.53. The van der Waals surface area contributed by atoms with Crippen LogP contribution in [-0.2, 0) is 17.9 Å². The SMILES string of the molecule is COc1ccc(O[C@@H](C)C(=O)NCc2cccc(CN3CCCCC3)c2)cc1. The average Bonchev–Trinajstić information content (AvgIpc) is 2.73. The molecule has 0 aliphatic carbocycles. The quantitative estimate of drug-likeness (QED) is 0.755. The van der Waals surface area contributed by atoms with Crippen molar-refractivity contribution in [3.63, 3.8) is 0 Å². The largest absolute Gasteiger partial charge is 0.497 e. The molecular formula is C23H30N2O3. The highest BCUT2D eigenvalue weighted by atomic mass is 16.5. The molecule has 1 atom stereocenters. The highest BCUT2D eigenvalue weighted by Crippen LogP contribution is 2.18. The number of carbonyl (C=O) groups excluding carboxylic acids is 1. The highest BCUT2D eigenvalue weighted by Gasteiger charge is 2.15. The molecule has 2 aromatic carbocycles. The van der Waals surface area contributed by atoms with Gasteiger partial charge in [-0.25, -0.2) is 0 Å². The van der Waals surface area contributed by atoms with Gasteiger partial charge in [-0.05, 0) is 68.2 Å². The average molecular weight is 383 g/mol. The molecule has 150 valence electrons. The Labute approximate surface area is 167 Å². The lowest BCUT2D eigenvalue weighted by molar-refractivity contribution is -0.127. The number of hydrogen-bond acceptors (Lipinski definition) is 4. The number of hydrogen-bond donors (Lipinski definition) is 1. The Morgan fingerprint density at radius 2 is 1.71 bits per heavy atom.